The van der Waals surface area contributed by atoms with E-state index in [1.165, 1.54) is 0 Å². The number of nitrogens with zero attached hydrogens (tertiary/aromatic N) is 1. The van der Waals surface area contributed by atoms with Crippen LogP contribution in [-0.2, 0) is 4.74 Å². The van der Waals surface area contributed by atoms with Crippen molar-refractivity contribution in [3.63, 3.8) is 0 Å². The van der Waals surface area contributed by atoms with E-state index in [9.17, 15) is 19.3 Å². The molecular formula is C15H16ClFN2O4. The standard InChI is InChI=1S/C15H16ClFN2O4/c1-15(2,3)23-14(20)18-7-5-4-6-10-8-12(17)13(19(21)22)9-11(10)16/h8-9H,5,7H2,1-3H3,(H,18,20). The van der Waals surface area contributed by atoms with E-state index < -0.39 is 28.1 Å². The lowest BCUT2D eigenvalue weighted by atomic mass is 10.2. The van der Waals surface area contributed by atoms with Crippen molar-refractivity contribution in [2.75, 3.05) is 6.54 Å². The largest absolute Gasteiger partial charge is 0.444 e. The molecule has 0 heterocycles. The van der Waals surface area contributed by atoms with Crippen LogP contribution < -0.4 is 5.32 Å². The summed E-state index contributed by atoms with van der Waals surface area (Å²) in [6.45, 7) is 5.49. The molecule has 0 spiro atoms. The fourth-order valence-corrected chi connectivity index (χ4v) is 1.68. The Hall–Kier alpha value is -2.33. The van der Waals surface area contributed by atoms with Crippen LogP contribution in [0.15, 0.2) is 12.1 Å². The van der Waals surface area contributed by atoms with Gasteiger partial charge in [-0.25, -0.2) is 4.79 Å². The molecule has 0 atom stereocenters. The number of carbonyl (C=O) groups is 1. The molecule has 0 aliphatic rings. The van der Waals surface area contributed by atoms with Gasteiger partial charge in [0.05, 0.1) is 9.95 Å². The lowest BCUT2D eigenvalue weighted by molar-refractivity contribution is -0.387. The van der Waals surface area contributed by atoms with E-state index in [4.69, 9.17) is 16.3 Å². The third-order valence-corrected chi connectivity index (χ3v) is 2.69. The molecule has 0 fully saturated rings. The normalized spacial score (nSPS) is 10.5. The summed E-state index contributed by atoms with van der Waals surface area (Å²) in [4.78, 5) is 21.1. The monoisotopic (exact) mass is 342 g/mol. The van der Waals surface area contributed by atoms with Crippen LogP contribution in [0.4, 0.5) is 14.9 Å². The van der Waals surface area contributed by atoms with E-state index in [2.05, 4.69) is 17.2 Å². The van der Waals surface area contributed by atoms with Crippen LogP contribution in [0.1, 0.15) is 32.8 Å². The van der Waals surface area contributed by atoms with E-state index in [1.54, 1.807) is 20.8 Å². The number of nitro groups is 1. The molecule has 0 aliphatic carbocycles. The van der Waals surface area contributed by atoms with Crippen molar-refractivity contribution in [2.45, 2.75) is 32.8 Å². The predicted molar refractivity (Wildman–Crippen MR) is 83.8 cm³/mol. The molecule has 1 aromatic rings. The van der Waals surface area contributed by atoms with Gasteiger partial charge in [0.2, 0.25) is 5.82 Å². The summed E-state index contributed by atoms with van der Waals surface area (Å²) < 4.78 is 18.5. The van der Waals surface area contributed by atoms with E-state index in [0.717, 1.165) is 12.1 Å². The Kier molecular flexibility index (Phi) is 6.34. The van der Waals surface area contributed by atoms with E-state index in [1.807, 2.05) is 0 Å². The van der Waals surface area contributed by atoms with Crippen molar-refractivity contribution in [2.24, 2.45) is 0 Å². The van der Waals surface area contributed by atoms with Gasteiger partial charge in [-0.1, -0.05) is 23.4 Å². The zero-order valence-electron chi connectivity index (χ0n) is 12.9. The van der Waals surface area contributed by atoms with Crippen LogP contribution in [0.5, 0.6) is 0 Å². The second-order valence-electron chi connectivity index (χ2n) is 5.52. The first-order valence-corrected chi connectivity index (χ1v) is 7.07. The highest BCUT2D eigenvalue weighted by Crippen LogP contribution is 2.25. The van der Waals surface area contributed by atoms with Crippen LogP contribution in [0.2, 0.25) is 5.02 Å². The number of rotatable bonds is 3. The van der Waals surface area contributed by atoms with Crippen LogP contribution >= 0.6 is 11.6 Å². The van der Waals surface area contributed by atoms with Crippen LogP contribution in [-0.4, -0.2) is 23.2 Å². The molecule has 1 rings (SSSR count). The molecule has 0 unspecified atom stereocenters. The average molecular weight is 343 g/mol. The van der Waals surface area contributed by atoms with Gasteiger partial charge in [0, 0.05) is 24.6 Å². The minimum Gasteiger partial charge on any atom is -0.444 e. The molecule has 0 radical (unpaired) electrons. The molecule has 0 bridgehead atoms. The number of nitrogens with one attached hydrogen (secondary N) is 1. The number of amides is 1. The number of benzene rings is 1. The second-order valence-corrected chi connectivity index (χ2v) is 5.93. The summed E-state index contributed by atoms with van der Waals surface area (Å²) >= 11 is 5.82. The molecule has 8 heteroatoms. The first-order chi connectivity index (χ1) is 10.6. The number of nitro benzene ring substituents is 1. The number of carbonyl (C=O) groups excluding carboxylic acids is 1. The van der Waals surface area contributed by atoms with Gasteiger partial charge >= 0.3 is 11.8 Å². The molecule has 0 saturated carbocycles. The summed E-state index contributed by atoms with van der Waals surface area (Å²) in [5.41, 5.74) is -1.14. The van der Waals surface area contributed by atoms with Gasteiger partial charge in [-0.3, -0.25) is 10.1 Å². The van der Waals surface area contributed by atoms with Gasteiger partial charge in [-0.15, -0.1) is 0 Å². The maximum atomic E-state index is 13.5. The van der Waals surface area contributed by atoms with Gasteiger partial charge in [-0.05, 0) is 26.8 Å². The third-order valence-electron chi connectivity index (χ3n) is 2.37. The Balaban J connectivity index is 2.59. The molecule has 6 nitrogen and oxygen atoms in total. The Morgan fingerprint density at radius 2 is 2.13 bits per heavy atom. The molecule has 124 valence electrons. The van der Waals surface area contributed by atoms with E-state index >= 15 is 0 Å². The SMILES string of the molecule is CC(C)(C)OC(=O)NCCC#Cc1cc(F)c([N+](=O)[O-])cc1Cl. The Morgan fingerprint density at radius 1 is 1.48 bits per heavy atom. The highest BCUT2D eigenvalue weighted by Gasteiger charge is 2.17. The lowest BCUT2D eigenvalue weighted by Gasteiger charge is -2.19. The Morgan fingerprint density at radius 3 is 2.70 bits per heavy atom. The summed E-state index contributed by atoms with van der Waals surface area (Å²) in [5.74, 6) is 4.30. The molecule has 1 amide bonds. The van der Waals surface area contributed by atoms with Crippen molar-refractivity contribution in [3.8, 4) is 11.8 Å². The minimum absolute atomic E-state index is 0.00861. The van der Waals surface area contributed by atoms with E-state index in [0.29, 0.717) is 0 Å². The summed E-state index contributed by atoms with van der Waals surface area (Å²) in [7, 11) is 0. The number of halogens is 2. The fourth-order valence-electron chi connectivity index (χ4n) is 1.47. The van der Waals surface area contributed by atoms with Crippen LogP contribution in [0, 0.1) is 27.8 Å². The fraction of sp³-hybridized carbons (Fsp3) is 0.400. The van der Waals surface area contributed by atoms with Gasteiger partial charge < -0.3 is 10.1 Å². The van der Waals surface area contributed by atoms with Crippen molar-refractivity contribution < 1.29 is 18.8 Å². The van der Waals surface area contributed by atoms with E-state index in [-0.39, 0.29) is 23.6 Å². The number of ether oxygens (including phenoxy) is 1. The van der Waals surface area contributed by atoms with Gasteiger partial charge in [-0.2, -0.15) is 4.39 Å². The molecule has 23 heavy (non-hydrogen) atoms. The Labute approximate surface area is 138 Å². The Bertz CT molecular complexity index is 675. The molecule has 0 aliphatic heterocycles. The average Bonchev–Trinajstić information content (AvgIpc) is 2.39. The molecule has 1 aromatic carbocycles. The zero-order valence-corrected chi connectivity index (χ0v) is 13.7. The van der Waals surface area contributed by atoms with Crippen LogP contribution in [0.25, 0.3) is 0 Å². The molecule has 0 aromatic heterocycles. The molecule has 1 N–H and O–H groups in total. The highest BCUT2D eigenvalue weighted by molar-refractivity contribution is 6.32. The predicted octanol–water partition coefficient (Wildman–Crippen LogP) is 3.65. The summed E-state index contributed by atoms with van der Waals surface area (Å²) in [6.07, 6.45) is -0.271. The molecular weight excluding hydrogens is 327 g/mol. The summed E-state index contributed by atoms with van der Waals surface area (Å²) in [6, 6.07) is 1.83. The minimum atomic E-state index is -1.00. The quantitative estimate of drug-likeness (QED) is 0.393. The van der Waals surface area contributed by atoms with Crippen molar-refractivity contribution in [3.05, 3.63) is 38.7 Å². The number of hydrogen-bond acceptors (Lipinski definition) is 4. The van der Waals surface area contributed by atoms with Gasteiger partial charge in [0.15, 0.2) is 0 Å². The number of alkyl carbamates (subject to hydrolysis) is 1. The highest BCUT2D eigenvalue weighted by atomic mass is 35.5. The first kappa shape index (κ1) is 18.7. The van der Waals surface area contributed by atoms with Crippen molar-refractivity contribution in [1.29, 1.82) is 0 Å². The second kappa shape index (κ2) is 7.79. The zero-order chi connectivity index (χ0) is 17.6. The first-order valence-electron chi connectivity index (χ1n) is 6.69. The number of hydrogen-bond donors (Lipinski definition) is 1. The third kappa shape index (κ3) is 6.53. The maximum absolute atomic E-state index is 13.5. The maximum Gasteiger partial charge on any atom is 0.407 e. The smallest absolute Gasteiger partial charge is 0.407 e. The molecule has 0 saturated heterocycles. The van der Waals surface area contributed by atoms with Gasteiger partial charge in [0.25, 0.3) is 0 Å². The summed E-state index contributed by atoms with van der Waals surface area (Å²) in [5, 5.41) is 13.1. The van der Waals surface area contributed by atoms with Crippen molar-refractivity contribution in [1.82, 2.24) is 5.32 Å². The van der Waals surface area contributed by atoms with Crippen molar-refractivity contribution >= 4 is 23.4 Å². The topological polar surface area (TPSA) is 81.5 Å². The van der Waals surface area contributed by atoms with Crippen LogP contribution in [0.3, 0.4) is 0 Å². The van der Waals surface area contributed by atoms with Gasteiger partial charge in [0.1, 0.15) is 5.60 Å². The lowest BCUT2D eigenvalue weighted by Crippen LogP contribution is -2.32.